The molecule has 4 heteroatoms. The Bertz CT molecular complexity index is 240. The van der Waals surface area contributed by atoms with Gasteiger partial charge in [-0.1, -0.05) is 6.92 Å². The number of amides is 1. The molecule has 1 saturated carbocycles. The molecule has 0 bridgehead atoms. The smallest absolute Gasteiger partial charge is 0.237 e. The Morgan fingerprint density at radius 2 is 2.19 bits per heavy atom. The Morgan fingerprint density at radius 3 is 2.62 bits per heavy atom. The van der Waals surface area contributed by atoms with E-state index < -0.39 is 5.54 Å². The first-order valence-electron chi connectivity index (χ1n) is 6.24. The molecule has 3 N–H and O–H groups in total. The van der Waals surface area contributed by atoms with Crippen LogP contribution in [0.4, 0.5) is 0 Å². The van der Waals surface area contributed by atoms with E-state index in [9.17, 15) is 4.79 Å². The number of nitrogens with zero attached hydrogens (tertiary/aromatic N) is 1. The molecule has 1 unspecified atom stereocenters. The molecule has 94 valence electrons. The fourth-order valence-corrected chi connectivity index (χ4v) is 1.81. The quantitative estimate of drug-likeness (QED) is 0.642. The zero-order valence-corrected chi connectivity index (χ0v) is 10.8. The molecule has 0 aromatic carbocycles. The van der Waals surface area contributed by atoms with Gasteiger partial charge in [0.25, 0.3) is 0 Å². The molecule has 0 radical (unpaired) electrons. The van der Waals surface area contributed by atoms with Gasteiger partial charge in [0.1, 0.15) is 0 Å². The number of carbonyl (C=O) groups is 1. The van der Waals surface area contributed by atoms with Crippen molar-refractivity contribution in [2.45, 2.75) is 51.1 Å². The van der Waals surface area contributed by atoms with E-state index in [2.05, 4.69) is 24.2 Å². The van der Waals surface area contributed by atoms with E-state index in [1.807, 2.05) is 6.92 Å². The number of nitrogens with two attached hydrogens (primary N) is 1. The third-order valence-corrected chi connectivity index (χ3v) is 3.40. The highest BCUT2D eigenvalue weighted by atomic mass is 16.1. The first-order chi connectivity index (χ1) is 7.48. The molecule has 0 aromatic rings. The minimum absolute atomic E-state index is 0.224. The van der Waals surface area contributed by atoms with Crippen LogP contribution in [0.3, 0.4) is 0 Å². The Morgan fingerprint density at radius 1 is 1.56 bits per heavy atom. The van der Waals surface area contributed by atoms with Gasteiger partial charge in [0, 0.05) is 6.04 Å². The molecule has 1 amide bonds. The van der Waals surface area contributed by atoms with Crippen LogP contribution in [0.15, 0.2) is 0 Å². The van der Waals surface area contributed by atoms with Crippen LogP contribution in [0.2, 0.25) is 0 Å². The first-order valence-corrected chi connectivity index (χ1v) is 6.24. The maximum Gasteiger partial charge on any atom is 0.237 e. The van der Waals surface area contributed by atoms with Gasteiger partial charge >= 0.3 is 0 Å². The van der Waals surface area contributed by atoms with Gasteiger partial charge in [0.2, 0.25) is 5.91 Å². The fourth-order valence-electron chi connectivity index (χ4n) is 1.81. The van der Waals surface area contributed by atoms with Crippen LogP contribution in [0.1, 0.15) is 39.5 Å². The second-order valence-corrected chi connectivity index (χ2v) is 5.11. The SMILES string of the molecule is CCN(C)CCCC(C)(NC1CC1)C(N)=O. The van der Waals surface area contributed by atoms with Gasteiger partial charge in [-0.05, 0) is 52.7 Å². The van der Waals surface area contributed by atoms with Crippen molar-refractivity contribution in [1.82, 2.24) is 10.2 Å². The largest absolute Gasteiger partial charge is 0.368 e. The van der Waals surface area contributed by atoms with E-state index in [1.54, 1.807) is 0 Å². The maximum absolute atomic E-state index is 11.5. The van der Waals surface area contributed by atoms with E-state index >= 15 is 0 Å². The lowest BCUT2D eigenvalue weighted by Gasteiger charge is -2.28. The lowest BCUT2D eigenvalue weighted by Crippen LogP contribution is -2.54. The first kappa shape index (κ1) is 13.5. The predicted molar refractivity (Wildman–Crippen MR) is 66.2 cm³/mol. The monoisotopic (exact) mass is 227 g/mol. The lowest BCUT2D eigenvalue weighted by atomic mass is 9.94. The summed E-state index contributed by atoms with van der Waals surface area (Å²) >= 11 is 0. The summed E-state index contributed by atoms with van der Waals surface area (Å²) in [6.07, 6.45) is 4.18. The third kappa shape index (κ3) is 4.10. The van der Waals surface area contributed by atoms with Gasteiger partial charge in [0.05, 0.1) is 5.54 Å². The highest BCUT2D eigenvalue weighted by Crippen LogP contribution is 2.24. The van der Waals surface area contributed by atoms with E-state index in [0.717, 1.165) is 25.9 Å². The van der Waals surface area contributed by atoms with Crippen molar-refractivity contribution in [3.63, 3.8) is 0 Å². The fraction of sp³-hybridized carbons (Fsp3) is 0.917. The minimum atomic E-state index is -0.518. The summed E-state index contributed by atoms with van der Waals surface area (Å²) in [5.41, 5.74) is 4.96. The Labute approximate surface area is 98.6 Å². The van der Waals surface area contributed by atoms with Crippen LogP contribution in [-0.2, 0) is 4.79 Å². The molecule has 1 aliphatic rings. The number of rotatable bonds is 8. The van der Waals surface area contributed by atoms with Crippen LogP contribution in [0.25, 0.3) is 0 Å². The number of nitrogens with one attached hydrogen (secondary N) is 1. The Kier molecular flexibility index (Phi) is 4.74. The summed E-state index contributed by atoms with van der Waals surface area (Å²) in [6.45, 7) is 6.13. The third-order valence-electron chi connectivity index (χ3n) is 3.40. The molecule has 0 aromatic heterocycles. The lowest BCUT2D eigenvalue weighted by molar-refractivity contribution is -0.124. The van der Waals surface area contributed by atoms with E-state index in [-0.39, 0.29) is 5.91 Å². The van der Waals surface area contributed by atoms with E-state index in [0.29, 0.717) is 6.04 Å². The summed E-state index contributed by atoms with van der Waals surface area (Å²) in [4.78, 5) is 13.7. The van der Waals surface area contributed by atoms with Gasteiger partial charge < -0.3 is 16.0 Å². The Hall–Kier alpha value is -0.610. The van der Waals surface area contributed by atoms with Gasteiger partial charge in [-0.15, -0.1) is 0 Å². The molecule has 4 nitrogen and oxygen atoms in total. The molecule has 1 rings (SSSR count). The molecule has 1 atom stereocenters. The van der Waals surface area contributed by atoms with Crippen molar-refractivity contribution in [2.75, 3.05) is 20.1 Å². The normalized spacial score (nSPS) is 19.8. The van der Waals surface area contributed by atoms with Gasteiger partial charge in [-0.2, -0.15) is 0 Å². The van der Waals surface area contributed by atoms with Crippen molar-refractivity contribution in [3.8, 4) is 0 Å². The van der Waals surface area contributed by atoms with Crippen molar-refractivity contribution >= 4 is 5.91 Å². The second-order valence-electron chi connectivity index (χ2n) is 5.11. The number of hydrogen-bond acceptors (Lipinski definition) is 3. The van der Waals surface area contributed by atoms with Gasteiger partial charge in [0.15, 0.2) is 0 Å². The van der Waals surface area contributed by atoms with Crippen LogP contribution >= 0.6 is 0 Å². The van der Waals surface area contributed by atoms with Gasteiger partial charge in [-0.3, -0.25) is 4.79 Å². The van der Waals surface area contributed by atoms with Gasteiger partial charge in [-0.25, -0.2) is 0 Å². The molecule has 0 heterocycles. The summed E-state index contributed by atoms with van der Waals surface area (Å²) in [7, 11) is 2.09. The molecular formula is C12H25N3O. The standard InChI is InChI=1S/C12H25N3O/c1-4-15(3)9-5-8-12(2,11(13)16)14-10-6-7-10/h10,14H,4-9H2,1-3H3,(H2,13,16). The molecular weight excluding hydrogens is 202 g/mol. The topological polar surface area (TPSA) is 58.4 Å². The highest BCUT2D eigenvalue weighted by molar-refractivity contribution is 5.84. The van der Waals surface area contributed by atoms with Crippen LogP contribution in [0, 0.1) is 0 Å². The number of carbonyl (C=O) groups excluding carboxylic acids is 1. The molecule has 0 spiro atoms. The number of primary amides is 1. The zero-order valence-electron chi connectivity index (χ0n) is 10.8. The maximum atomic E-state index is 11.5. The summed E-state index contributed by atoms with van der Waals surface area (Å²) in [6, 6.07) is 0.515. The van der Waals surface area contributed by atoms with Crippen molar-refractivity contribution < 1.29 is 4.79 Å². The van der Waals surface area contributed by atoms with Crippen molar-refractivity contribution in [3.05, 3.63) is 0 Å². The van der Waals surface area contributed by atoms with Crippen LogP contribution in [-0.4, -0.2) is 42.5 Å². The second kappa shape index (κ2) is 5.64. The summed E-state index contributed by atoms with van der Waals surface area (Å²) in [5, 5.41) is 3.37. The van der Waals surface area contributed by atoms with Crippen molar-refractivity contribution in [1.29, 1.82) is 0 Å². The Balaban J connectivity index is 2.34. The average molecular weight is 227 g/mol. The average Bonchev–Trinajstić information content (AvgIpc) is 3.01. The molecule has 16 heavy (non-hydrogen) atoms. The molecule has 1 aliphatic carbocycles. The summed E-state index contributed by atoms with van der Waals surface area (Å²) < 4.78 is 0. The van der Waals surface area contributed by atoms with Crippen molar-refractivity contribution in [2.24, 2.45) is 5.73 Å². The predicted octanol–water partition coefficient (Wildman–Crippen LogP) is 0.714. The molecule has 0 saturated heterocycles. The van der Waals surface area contributed by atoms with Crippen LogP contribution in [0.5, 0.6) is 0 Å². The van der Waals surface area contributed by atoms with E-state index in [4.69, 9.17) is 5.73 Å². The zero-order chi connectivity index (χ0) is 12.2. The molecule has 0 aliphatic heterocycles. The van der Waals surface area contributed by atoms with E-state index in [1.165, 1.54) is 12.8 Å². The number of hydrogen-bond donors (Lipinski definition) is 2. The summed E-state index contributed by atoms with van der Waals surface area (Å²) in [5.74, 6) is -0.224. The highest BCUT2D eigenvalue weighted by Gasteiger charge is 2.36. The molecule has 1 fully saturated rings. The van der Waals surface area contributed by atoms with Crippen LogP contribution < -0.4 is 11.1 Å². The minimum Gasteiger partial charge on any atom is -0.368 e.